The molecule has 122 valence electrons. The number of hydrogen-bond donors (Lipinski definition) is 1. The minimum Gasteiger partial charge on any atom is -0.293 e. The van der Waals surface area contributed by atoms with Gasteiger partial charge in [0.05, 0.1) is 11.2 Å². The summed E-state index contributed by atoms with van der Waals surface area (Å²) in [5, 5.41) is 8.37. The molecule has 0 unspecified atom stereocenters. The van der Waals surface area contributed by atoms with E-state index in [1.165, 1.54) is 0 Å². The average molecular weight is 329 g/mol. The first-order valence-corrected chi connectivity index (χ1v) is 8.30. The summed E-state index contributed by atoms with van der Waals surface area (Å²) in [4.78, 5) is 20.8. The molecule has 1 aromatic carbocycles. The van der Waals surface area contributed by atoms with E-state index in [0.717, 1.165) is 35.0 Å². The van der Waals surface area contributed by atoms with Crippen LogP contribution in [0.3, 0.4) is 0 Å². The maximum atomic E-state index is 12.0. The molecule has 1 aliphatic rings. The smallest absolute Gasteiger partial charge is 0.249 e. The highest BCUT2D eigenvalue weighted by Crippen LogP contribution is 2.30. The van der Waals surface area contributed by atoms with Gasteiger partial charge in [0.25, 0.3) is 0 Å². The van der Waals surface area contributed by atoms with Crippen molar-refractivity contribution in [3.8, 4) is 11.3 Å². The first-order chi connectivity index (χ1) is 12.3. The standard InChI is InChI=1S/C19H15N5O/c25-18(12-9-10-12)22-19-21-17-8-2-7-16(24(17)23-19)14-4-1-6-15-13(14)5-3-11-20-15/h1-8,11-12H,9-10H2,(H,22,23,25). The van der Waals surface area contributed by atoms with Crippen molar-refractivity contribution in [2.75, 3.05) is 5.32 Å². The van der Waals surface area contributed by atoms with Crippen LogP contribution in [-0.2, 0) is 4.79 Å². The Labute approximate surface area is 143 Å². The third kappa shape index (κ3) is 2.42. The van der Waals surface area contributed by atoms with E-state index in [4.69, 9.17) is 0 Å². The molecule has 3 aromatic heterocycles. The molecular formula is C19H15N5O. The zero-order valence-electron chi connectivity index (χ0n) is 13.4. The maximum absolute atomic E-state index is 12.0. The Kier molecular flexibility index (Phi) is 3.03. The number of aromatic nitrogens is 4. The highest BCUT2D eigenvalue weighted by Gasteiger charge is 2.30. The van der Waals surface area contributed by atoms with Gasteiger partial charge >= 0.3 is 0 Å². The maximum Gasteiger partial charge on any atom is 0.249 e. The Morgan fingerprint density at radius 1 is 1.08 bits per heavy atom. The van der Waals surface area contributed by atoms with E-state index in [-0.39, 0.29) is 11.8 Å². The second kappa shape index (κ2) is 5.37. The molecule has 0 saturated heterocycles. The van der Waals surface area contributed by atoms with E-state index in [9.17, 15) is 4.79 Å². The minimum absolute atomic E-state index is 0.00631. The summed E-state index contributed by atoms with van der Waals surface area (Å²) in [6, 6.07) is 15.8. The van der Waals surface area contributed by atoms with Gasteiger partial charge in [0.1, 0.15) is 0 Å². The molecule has 3 heterocycles. The van der Waals surface area contributed by atoms with E-state index in [1.54, 1.807) is 10.7 Å². The van der Waals surface area contributed by atoms with Crippen molar-refractivity contribution in [1.29, 1.82) is 0 Å². The predicted octanol–water partition coefficient (Wildman–Crippen LogP) is 3.29. The van der Waals surface area contributed by atoms with E-state index in [1.807, 2.05) is 48.5 Å². The summed E-state index contributed by atoms with van der Waals surface area (Å²) in [6.07, 6.45) is 3.69. The largest absolute Gasteiger partial charge is 0.293 e. The van der Waals surface area contributed by atoms with Gasteiger partial charge in [-0.15, -0.1) is 5.10 Å². The molecule has 0 bridgehead atoms. The van der Waals surface area contributed by atoms with Gasteiger partial charge in [0.15, 0.2) is 5.65 Å². The van der Waals surface area contributed by atoms with E-state index >= 15 is 0 Å². The molecule has 1 amide bonds. The summed E-state index contributed by atoms with van der Waals surface area (Å²) >= 11 is 0. The van der Waals surface area contributed by atoms with Crippen molar-refractivity contribution >= 4 is 28.4 Å². The number of fused-ring (bicyclic) bond motifs is 2. The molecule has 0 atom stereocenters. The fourth-order valence-corrected chi connectivity index (χ4v) is 3.05. The first-order valence-electron chi connectivity index (χ1n) is 8.30. The average Bonchev–Trinajstić information content (AvgIpc) is 3.41. The number of nitrogens with one attached hydrogen (secondary N) is 1. The lowest BCUT2D eigenvalue weighted by molar-refractivity contribution is -0.117. The van der Waals surface area contributed by atoms with Crippen LogP contribution in [0, 0.1) is 5.92 Å². The van der Waals surface area contributed by atoms with Gasteiger partial charge in [0, 0.05) is 23.1 Å². The molecule has 5 rings (SSSR count). The monoisotopic (exact) mass is 329 g/mol. The third-order valence-electron chi connectivity index (χ3n) is 4.46. The van der Waals surface area contributed by atoms with Crippen molar-refractivity contribution in [3.05, 3.63) is 54.7 Å². The quantitative estimate of drug-likeness (QED) is 0.626. The SMILES string of the molecule is O=C(Nc1nc2cccc(-c3cccc4ncccc34)n2n1)C1CC1. The number of benzene rings is 1. The van der Waals surface area contributed by atoms with Crippen LogP contribution in [0.25, 0.3) is 27.8 Å². The van der Waals surface area contributed by atoms with Crippen LogP contribution in [-0.4, -0.2) is 25.5 Å². The third-order valence-corrected chi connectivity index (χ3v) is 4.46. The van der Waals surface area contributed by atoms with Gasteiger partial charge in [0.2, 0.25) is 11.9 Å². The topological polar surface area (TPSA) is 72.2 Å². The van der Waals surface area contributed by atoms with E-state index in [2.05, 4.69) is 20.4 Å². The normalized spacial score (nSPS) is 14.1. The molecule has 6 heteroatoms. The Hall–Kier alpha value is -3.28. The van der Waals surface area contributed by atoms with Gasteiger partial charge in [-0.1, -0.05) is 24.3 Å². The summed E-state index contributed by atoms with van der Waals surface area (Å²) in [6.45, 7) is 0. The van der Waals surface area contributed by atoms with Crippen molar-refractivity contribution in [2.45, 2.75) is 12.8 Å². The number of nitrogens with zero attached hydrogens (tertiary/aromatic N) is 4. The van der Waals surface area contributed by atoms with Crippen molar-refractivity contribution in [3.63, 3.8) is 0 Å². The fourth-order valence-electron chi connectivity index (χ4n) is 3.05. The van der Waals surface area contributed by atoms with Crippen LogP contribution in [0.1, 0.15) is 12.8 Å². The van der Waals surface area contributed by atoms with Crippen molar-refractivity contribution in [2.24, 2.45) is 5.92 Å². The zero-order chi connectivity index (χ0) is 16.8. The van der Waals surface area contributed by atoms with E-state index in [0.29, 0.717) is 11.6 Å². The highest BCUT2D eigenvalue weighted by atomic mass is 16.2. The molecular weight excluding hydrogens is 314 g/mol. The summed E-state index contributed by atoms with van der Waals surface area (Å²) < 4.78 is 1.77. The number of anilines is 1. The van der Waals surface area contributed by atoms with Crippen LogP contribution in [0.4, 0.5) is 5.95 Å². The van der Waals surface area contributed by atoms with Crippen molar-refractivity contribution < 1.29 is 4.79 Å². The molecule has 25 heavy (non-hydrogen) atoms. The lowest BCUT2D eigenvalue weighted by Gasteiger charge is -2.07. The van der Waals surface area contributed by atoms with Gasteiger partial charge in [-0.25, -0.2) is 4.52 Å². The number of pyridine rings is 2. The molecule has 0 aliphatic heterocycles. The van der Waals surface area contributed by atoms with Crippen LogP contribution in [0.15, 0.2) is 54.7 Å². The predicted molar refractivity (Wildman–Crippen MR) is 95.1 cm³/mol. The van der Waals surface area contributed by atoms with Crippen LogP contribution < -0.4 is 5.32 Å². The summed E-state index contributed by atoms with van der Waals surface area (Å²) in [5.74, 6) is 0.477. The van der Waals surface area contributed by atoms with Gasteiger partial charge in [-0.05, 0) is 37.1 Å². The highest BCUT2D eigenvalue weighted by molar-refractivity contribution is 5.94. The Bertz CT molecular complexity index is 1110. The molecule has 0 radical (unpaired) electrons. The second-order valence-electron chi connectivity index (χ2n) is 6.26. The summed E-state index contributed by atoms with van der Waals surface area (Å²) in [7, 11) is 0. The molecule has 1 saturated carbocycles. The number of carbonyl (C=O) groups is 1. The molecule has 6 nitrogen and oxygen atoms in total. The lowest BCUT2D eigenvalue weighted by Crippen LogP contribution is -2.14. The number of hydrogen-bond acceptors (Lipinski definition) is 4. The minimum atomic E-state index is 0.00631. The summed E-state index contributed by atoms with van der Waals surface area (Å²) in [5.41, 5.74) is 3.57. The van der Waals surface area contributed by atoms with Crippen LogP contribution >= 0.6 is 0 Å². The Morgan fingerprint density at radius 3 is 2.84 bits per heavy atom. The van der Waals surface area contributed by atoms with Gasteiger partial charge in [-0.2, -0.15) is 4.98 Å². The number of amides is 1. The lowest BCUT2D eigenvalue weighted by atomic mass is 10.1. The zero-order valence-corrected chi connectivity index (χ0v) is 13.4. The first kappa shape index (κ1) is 14.1. The Balaban J connectivity index is 1.65. The molecule has 1 fully saturated rings. The molecule has 4 aromatic rings. The fraction of sp³-hybridized carbons (Fsp3) is 0.158. The Morgan fingerprint density at radius 2 is 1.96 bits per heavy atom. The number of carbonyl (C=O) groups excluding carboxylic acids is 1. The number of rotatable bonds is 3. The molecule has 1 aliphatic carbocycles. The van der Waals surface area contributed by atoms with Crippen molar-refractivity contribution in [1.82, 2.24) is 19.6 Å². The molecule has 1 N–H and O–H groups in total. The van der Waals surface area contributed by atoms with Crippen LogP contribution in [0.2, 0.25) is 0 Å². The second-order valence-corrected chi connectivity index (χ2v) is 6.26. The van der Waals surface area contributed by atoms with Gasteiger partial charge < -0.3 is 0 Å². The van der Waals surface area contributed by atoms with Crippen LogP contribution in [0.5, 0.6) is 0 Å². The molecule has 0 spiro atoms. The van der Waals surface area contributed by atoms with Gasteiger partial charge in [-0.3, -0.25) is 15.1 Å². The van der Waals surface area contributed by atoms with E-state index < -0.39 is 0 Å².